The average molecular weight is 194 g/mol. The molecule has 0 bridgehead atoms. The Morgan fingerprint density at radius 1 is 1.64 bits per heavy atom. The van der Waals surface area contributed by atoms with Crippen LogP contribution in [-0.4, -0.2) is 41.2 Å². The SMILES string of the molecule is CN1CC[C@H]1COc1cncc(O)c1. The maximum absolute atomic E-state index is 9.15. The van der Waals surface area contributed by atoms with Crippen LogP contribution in [0.4, 0.5) is 0 Å². The van der Waals surface area contributed by atoms with Crippen molar-refractivity contribution in [2.45, 2.75) is 12.5 Å². The summed E-state index contributed by atoms with van der Waals surface area (Å²) in [6.45, 7) is 1.81. The van der Waals surface area contributed by atoms with E-state index in [1.165, 1.54) is 12.6 Å². The summed E-state index contributed by atoms with van der Waals surface area (Å²) in [5.41, 5.74) is 0. The first-order valence-corrected chi connectivity index (χ1v) is 4.73. The fourth-order valence-corrected chi connectivity index (χ4v) is 1.46. The Kier molecular flexibility index (Phi) is 2.54. The molecular formula is C10H14N2O2. The zero-order valence-corrected chi connectivity index (χ0v) is 8.18. The first-order chi connectivity index (χ1) is 6.75. The summed E-state index contributed by atoms with van der Waals surface area (Å²) >= 11 is 0. The van der Waals surface area contributed by atoms with Gasteiger partial charge in [-0.1, -0.05) is 0 Å². The van der Waals surface area contributed by atoms with Gasteiger partial charge < -0.3 is 9.84 Å². The van der Waals surface area contributed by atoms with Crippen LogP contribution >= 0.6 is 0 Å². The third-order valence-corrected chi connectivity index (χ3v) is 2.58. The van der Waals surface area contributed by atoms with Crippen molar-refractivity contribution in [3.8, 4) is 11.5 Å². The van der Waals surface area contributed by atoms with Gasteiger partial charge in [0.05, 0.1) is 12.4 Å². The summed E-state index contributed by atoms with van der Waals surface area (Å²) < 4.78 is 5.50. The van der Waals surface area contributed by atoms with Crippen LogP contribution in [0.25, 0.3) is 0 Å². The minimum Gasteiger partial charge on any atom is -0.506 e. The number of hydrogen-bond donors (Lipinski definition) is 1. The lowest BCUT2D eigenvalue weighted by Crippen LogP contribution is -2.48. The number of likely N-dealkylation sites (tertiary alicyclic amines) is 1. The van der Waals surface area contributed by atoms with E-state index in [0.29, 0.717) is 18.4 Å². The molecule has 1 N–H and O–H groups in total. The fraction of sp³-hybridized carbons (Fsp3) is 0.500. The van der Waals surface area contributed by atoms with Gasteiger partial charge in [-0.3, -0.25) is 9.88 Å². The van der Waals surface area contributed by atoms with Crippen molar-refractivity contribution >= 4 is 0 Å². The van der Waals surface area contributed by atoms with Crippen molar-refractivity contribution in [3.63, 3.8) is 0 Å². The van der Waals surface area contributed by atoms with Crippen molar-refractivity contribution in [1.29, 1.82) is 0 Å². The standard InChI is InChI=1S/C10H14N2O2/c1-12-3-2-8(12)7-14-10-4-9(13)5-11-6-10/h4-6,8,13H,2-3,7H2,1H3/t8-/m0/s1. The number of aromatic hydroxyl groups is 1. The number of pyridine rings is 1. The molecule has 1 aromatic heterocycles. The number of likely N-dealkylation sites (N-methyl/N-ethyl adjacent to an activating group) is 1. The smallest absolute Gasteiger partial charge is 0.141 e. The molecule has 14 heavy (non-hydrogen) atoms. The molecule has 1 aliphatic rings. The molecule has 2 rings (SSSR count). The molecule has 1 saturated heterocycles. The maximum atomic E-state index is 9.15. The molecule has 1 aliphatic heterocycles. The molecule has 2 heterocycles. The van der Waals surface area contributed by atoms with Gasteiger partial charge in [-0.05, 0) is 20.0 Å². The van der Waals surface area contributed by atoms with E-state index in [9.17, 15) is 0 Å². The van der Waals surface area contributed by atoms with Gasteiger partial charge in [0.25, 0.3) is 0 Å². The molecule has 0 saturated carbocycles. The highest BCUT2D eigenvalue weighted by Crippen LogP contribution is 2.19. The van der Waals surface area contributed by atoms with Crippen molar-refractivity contribution in [3.05, 3.63) is 18.5 Å². The van der Waals surface area contributed by atoms with E-state index in [0.717, 1.165) is 6.54 Å². The highest BCUT2D eigenvalue weighted by molar-refractivity contribution is 5.26. The zero-order valence-electron chi connectivity index (χ0n) is 8.18. The average Bonchev–Trinajstić information content (AvgIpc) is 2.16. The highest BCUT2D eigenvalue weighted by Gasteiger charge is 2.24. The van der Waals surface area contributed by atoms with Gasteiger partial charge in [-0.25, -0.2) is 0 Å². The molecule has 0 aromatic carbocycles. The van der Waals surface area contributed by atoms with Gasteiger partial charge in [-0.15, -0.1) is 0 Å². The number of rotatable bonds is 3. The lowest BCUT2D eigenvalue weighted by Gasteiger charge is -2.37. The summed E-state index contributed by atoms with van der Waals surface area (Å²) in [5.74, 6) is 0.773. The number of aromatic nitrogens is 1. The monoisotopic (exact) mass is 194 g/mol. The predicted molar refractivity (Wildman–Crippen MR) is 52.4 cm³/mol. The van der Waals surface area contributed by atoms with Crippen LogP contribution in [0.15, 0.2) is 18.5 Å². The number of hydrogen-bond acceptors (Lipinski definition) is 4. The van der Waals surface area contributed by atoms with Gasteiger partial charge in [0.2, 0.25) is 0 Å². The Morgan fingerprint density at radius 2 is 2.50 bits per heavy atom. The second-order valence-electron chi connectivity index (χ2n) is 3.61. The summed E-state index contributed by atoms with van der Waals surface area (Å²) in [5, 5.41) is 9.15. The topological polar surface area (TPSA) is 45.6 Å². The summed E-state index contributed by atoms with van der Waals surface area (Å²) in [4.78, 5) is 6.08. The highest BCUT2D eigenvalue weighted by atomic mass is 16.5. The van der Waals surface area contributed by atoms with E-state index >= 15 is 0 Å². The number of nitrogens with zero attached hydrogens (tertiary/aromatic N) is 2. The van der Waals surface area contributed by atoms with E-state index in [4.69, 9.17) is 9.84 Å². The molecule has 0 spiro atoms. The van der Waals surface area contributed by atoms with Crippen LogP contribution in [0.5, 0.6) is 11.5 Å². The Labute approximate surface area is 83.1 Å². The third kappa shape index (κ3) is 1.96. The van der Waals surface area contributed by atoms with E-state index in [-0.39, 0.29) is 5.75 Å². The largest absolute Gasteiger partial charge is 0.506 e. The minimum atomic E-state index is 0.143. The van der Waals surface area contributed by atoms with Gasteiger partial charge in [0.15, 0.2) is 0 Å². The lowest BCUT2D eigenvalue weighted by atomic mass is 10.1. The third-order valence-electron chi connectivity index (χ3n) is 2.58. The molecule has 0 unspecified atom stereocenters. The van der Waals surface area contributed by atoms with Gasteiger partial charge >= 0.3 is 0 Å². The van der Waals surface area contributed by atoms with Crippen molar-refractivity contribution in [2.24, 2.45) is 0 Å². The molecule has 0 radical (unpaired) electrons. The summed E-state index contributed by atoms with van der Waals surface area (Å²) in [7, 11) is 2.08. The van der Waals surface area contributed by atoms with E-state index < -0.39 is 0 Å². The van der Waals surface area contributed by atoms with Crippen molar-refractivity contribution < 1.29 is 9.84 Å². The summed E-state index contributed by atoms with van der Waals surface area (Å²) in [6.07, 6.45) is 4.18. The lowest BCUT2D eigenvalue weighted by molar-refractivity contribution is 0.0766. The normalized spacial score (nSPS) is 21.6. The minimum absolute atomic E-state index is 0.143. The van der Waals surface area contributed by atoms with Crippen LogP contribution in [0.1, 0.15) is 6.42 Å². The second-order valence-corrected chi connectivity index (χ2v) is 3.61. The van der Waals surface area contributed by atoms with Gasteiger partial charge in [0.1, 0.15) is 18.1 Å². The van der Waals surface area contributed by atoms with Crippen LogP contribution < -0.4 is 4.74 Å². The van der Waals surface area contributed by atoms with Crippen LogP contribution in [0.2, 0.25) is 0 Å². The Bertz CT molecular complexity index is 317. The van der Waals surface area contributed by atoms with Gasteiger partial charge in [0, 0.05) is 12.1 Å². The Morgan fingerprint density at radius 3 is 3.07 bits per heavy atom. The maximum Gasteiger partial charge on any atom is 0.141 e. The first-order valence-electron chi connectivity index (χ1n) is 4.73. The van der Waals surface area contributed by atoms with E-state index in [1.54, 1.807) is 12.3 Å². The fourth-order valence-electron chi connectivity index (χ4n) is 1.46. The molecule has 4 nitrogen and oxygen atoms in total. The molecule has 1 aromatic rings. The molecule has 1 fully saturated rings. The molecule has 4 heteroatoms. The van der Waals surface area contributed by atoms with Crippen LogP contribution in [0, 0.1) is 0 Å². The quantitative estimate of drug-likeness (QED) is 0.775. The molecule has 76 valence electrons. The van der Waals surface area contributed by atoms with Crippen molar-refractivity contribution in [1.82, 2.24) is 9.88 Å². The second kappa shape index (κ2) is 3.84. The number of ether oxygens (including phenoxy) is 1. The zero-order chi connectivity index (χ0) is 9.97. The van der Waals surface area contributed by atoms with Crippen LogP contribution in [0.3, 0.4) is 0 Å². The molecule has 0 amide bonds. The molecular weight excluding hydrogens is 180 g/mol. The summed E-state index contributed by atoms with van der Waals surface area (Å²) in [6, 6.07) is 2.09. The van der Waals surface area contributed by atoms with E-state index in [2.05, 4.69) is 16.9 Å². The van der Waals surface area contributed by atoms with Crippen molar-refractivity contribution in [2.75, 3.05) is 20.2 Å². The first kappa shape index (κ1) is 9.27. The molecule has 0 aliphatic carbocycles. The molecule has 1 atom stereocenters. The van der Waals surface area contributed by atoms with Gasteiger partial charge in [-0.2, -0.15) is 0 Å². The Hall–Kier alpha value is -1.29. The Balaban J connectivity index is 1.85. The predicted octanol–water partition coefficient (Wildman–Crippen LogP) is 0.870. The van der Waals surface area contributed by atoms with Crippen LogP contribution in [-0.2, 0) is 0 Å². The van der Waals surface area contributed by atoms with E-state index in [1.807, 2.05) is 0 Å².